The van der Waals surface area contributed by atoms with Crippen molar-refractivity contribution < 1.29 is 4.79 Å². The first-order valence-corrected chi connectivity index (χ1v) is 7.48. The van der Waals surface area contributed by atoms with Crippen molar-refractivity contribution in [1.29, 1.82) is 0 Å². The van der Waals surface area contributed by atoms with E-state index in [9.17, 15) is 4.79 Å². The Morgan fingerprint density at radius 1 is 1.53 bits per heavy atom. The Kier molecular flexibility index (Phi) is 5.92. The van der Waals surface area contributed by atoms with Gasteiger partial charge in [0.25, 0.3) is 5.91 Å². The summed E-state index contributed by atoms with van der Waals surface area (Å²) < 4.78 is 0. The Labute approximate surface area is 113 Å². The van der Waals surface area contributed by atoms with Crippen molar-refractivity contribution in [3.05, 3.63) is 29.3 Å². The largest absolute Gasteiger partial charge is 0.350 e. The Morgan fingerprint density at radius 3 is 2.88 bits per heavy atom. The van der Waals surface area contributed by atoms with Crippen LogP contribution in [0.3, 0.4) is 0 Å². The molecule has 4 heteroatoms. The number of thioether (sulfide) groups is 1. The van der Waals surface area contributed by atoms with Gasteiger partial charge in [-0.15, -0.1) is 12.6 Å². The molecule has 0 aliphatic carbocycles. The summed E-state index contributed by atoms with van der Waals surface area (Å²) in [6, 6.07) is 5.84. The van der Waals surface area contributed by atoms with Crippen molar-refractivity contribution >= 4 is 30.3 Å². The molecule has 1 rings (SSSR count). The second-order valence-electron chi connectivity index (χ2n) is 4.16. The van der Waals surface area contributed by atoms with Crippen LogP contribution in [0.5, 0.6) is 0 Å². The van der Waals surface area contributed by atoms with Gasteiger partial charge in [0, 0.05) is 16.5 Å². The van der Waals surface area contributed by atoms with E-state index in [0.29, 0.717) is 5.56 Å². The van der Waals surface area contributed by atoms with Crippen LogP contribution < -0.4 is 5.32 Å². The number of hydrogen-bond donors (Lipinski definition) is 2. The Balaban J connectivity index is 2.66. The van der Waals surface area contributed by atoms with Gasteiger partial charge in [0.15, 0.2) is 0 Å². The number of amides is 1. The lowest BCUT2D eigenvalue weighted by Gasteiger charge is -2.14. The van der Waals surface area contributed by atoms with Gasteiger partial charge in [-0.2, -0.15) is 11.8 Å². The summed E-state index contributed by atoms with van der Waals surface area (Å²) in [7, 11) is 0. The molecule has 0 saturated carbocycles. The first-order chi connectivity index (χ1) is 8.04. The molecule has 0 bridgehead atoms. The quantitative estimate of drug-likeness (QED) is 0.804. The SMILES string of the molecule is CSCCC(C)NC(=O)c1cc(S)ccc1C. The van der Waals surface area contributed by atoms with Crippen LogP contribution in [0.2, 0.25) is 0 Å². The molecule has 1 aromatic rings. The van der Waals surface area contributed by atoms with Gasteiger partial charge >= 0.3 is 0 Å². The highest BCUT2D eigenvalue weighted by molar-refractivity contribution is 7.98. The lowest BCUT2D eigenvalue weighted by molar-refractivity contribution is 0.0938. The molecule has 94 valence electrons. The lowest BCUT2D eigenvalue weighted by Crippen LogP contribution is -2.33. The molecule has 0 spiro atoms. The molecule has 1 unspecified atom stereocenters. The van der Waals surface area contributed by atoms with Crippen LogP contribution in [0.1, 0.15) is 29.3 Å². The monoisotopic (exact) mass is 269 g/mol. The third kappa shape index (κ3) is 4.64. The van der Waals surface area contributed by atoms with Crippen LogP contribution in [0.25, 0.3) is 0 Å². The molecule has 0 aliphatic heterocycles. The average Bonchev–Trinajstić information content (AvgIpc) is 2.29. The summed E-state index contributed by atoms with van der Waals surface area (Å²) in [6.45, 7) is 3.97. The molecule has 17 heavy (non-hydrogen) atoms. The van der Waals surface area contributed by atoms with Gasteiger partial charge < -0.3 is 5.32 Å². The van der Waals surface area contributed by atoms with Crippen LogP contribution >= 0.6 is 24.4 Å². The lowest BCUT2D eigenvalue weighted by atomic mass is 10.1. The van der Waals surface area contributed by atoms with Crippen molar-refractivity contribution in [1.82, 2.24) is 5.32 Å². The maximum Gasteiger partial charge on any atom is 0.251 e. The van der Waals surface area contributed by atoms with E-state index in [2.05, 4.69) is 24.2 Å². The fourth-order valence-electron chi connectivity index (χ4n) is 1.52. The van der Waals surface area contributed by atoms with Gasteiger partial charge in [-0.25, -0.2) is 0 Å². The Bertz CT molecular complexity index is 393. The number of carbonyl (C=O) groups is 1. The van der Waals surface area contributed by atoms with Crippen LogP contribution in [0.15, 0.2) is 23.1 Å². The number of hydrogen-bond acceptors (Lipinski definition) is 3. The fourth-order valence-corrected chi connectivity index (χ4v) is 2.32. The van der Waals surface area contributed by atoms with Crippen LogP contribution in [0, 0.1) is 6.92 Å². The summed E-state index contributed by atoms with van der Waals surface area (Å²) in [5.74, 6) is 1.06. The highest BCUT2D eigenvalue weighted by atomic mass is 32.2. The van der Waals surface area contributed by atoms with E-state index < -0.39 is 0 Å². The van der Waals surface area contributed by atoms with E-state index in [-0.39, 0.29) is 11.9 Å². The molecular formula is C13H19NOS2. The molecule has 0 radical (unpaired) electrons. The molecule has 1 N–H and O–H groups in total. The summed E-state index contributed by atoms with van der Waals surface area (Å²) in [5.41, 5.74) is 1.70. The third-order valence-corrected chi connectivity index (χ3v) is 3.52. The van der Waals surface area contributed by atoms with Crippen molar-refractivity contribution in [3.63, 3.8) is 0 Å². The molecular weight excluding hydrogens is 250 g/mol. The second-order valence-corrected chi connectivity index (χ2v) is 5.66. The van der Waals surface area contributed by atoms with Gasteiger partial charge in [-0.1, -0.05) is 6.07 Å². The highest BCUT2D eigenvalue weighted by Gasteiger charge is 2.11. The van der Waals surface area contributed by atoms with E-state index in [4.69, 9.17) is 0 Å². The zero-order valence-corrected chi connectivity index (χ0v) is 12.2. The number of benzene rings is 1. The van der Waals surface area contributed by atoms with Crippen molar-refractivity contribution in [2.75, 3.05) is 12.0 Å². The maximum atomic E-state index is 12.0. The molecule has 1 atom stereocenters. The van der Waals surface area contributed by atoms with Gasteiger partial charge in [-0.05, 0) is 50.0 Å². The molecule has 0 fully saturated rings. The minimum absolute atomic E-state index is 0.00740. The first-order valence-electron chi connectivity index (χ1n) is 5.64. The van der Waals surface area contributed by atoms with Crippen molar-refractivity contribution in [2.45, 2.75) is 31.2 Å². The summed E-state index contributed by atoms with van der Waals surface area (Å²) in [4.78, 5) is 12.9. The third-order valence-electron chi connectivity index (χ3n) is 2.60. The molecule has 1 aromatic carbocycles. The normalized spacial score (nSPS) is 12.2. The number of nitrogens with one attached hydrogen (secondary N) is 1. The summed E-state index contributed by atoms with van der Waals surface area (Å²) in [5, 5.41) is 3.01. The standard InChI is InChI=1S/C13H19NOS2/c1-9-4-5-11(16)8-12(9)13(15)14-10(2)6-7-17-3/h4-5,8,10,16H,6-7H2,1-3H3,(H,14,15). The number of rotatable bonds is 5. The molecule has 0 saturated heterocycles. The van der Waals surface area contributed by atoms with Crippen molar-refractivity contribution in [3.8, 4) is 0 Å². The fraction of sp³-hybridized carbons (Fsp3) is 0.462. The number of carbonyl (C=O) groups excluding carboxylic acids is 1. The Morgan fingerprint density at radius 2 is 2.24 bits per heavy atom. The minimum atomic E-state index is -0.00740. The molecule has 0 aromatic heterocycles. The summed E-state index contributed by atoms with van der Waals surface area (Å²) >= 11 is 6.05. The molecule has 1 amide bonds. The van der Waals surface area contributed by atoms with Crippen LogP contribution in [-0.4, -0.2) is 24.0 Å². The average molecular weight is 269 g/mol. The van der Waals surface area contributed by atoms with E-state index in [1.165, 1.54) is 0 Å². The van der Waals surface area contributed by atoms with E-state index in [1.807, 2.05) is 32.0 Å². The van der Waals surface area contributed by atoms with Gasteiger partial charge in [0.1, 0.15) is 0 Å². The van der Waals surface area contributed by atoms with Crippen LogP contribution in [0.4, 0.5) is 0 Å². The number of thiol groups is 1. The zero-order valence-electron chi connectivity index (χ0n) is 10.5. The predicted molar refractivity (Wildman–Crippen MR) is 78.4 cm³/mol. The van der Waals surface area contributed by atoms with E-state index >= 15 is 0 Å². The van der Waals surface area contributed by atoms with Gasteiger partial charge in [-0.3, -0.25) is 4.79 Å². The summed E-state index contributed by atoms with van der Waals surface area (Å²) in [6.07, 6.45) is 3.07. The topological polar surface area (TPSA) is 29.1 Å². The first kappa shape index (κ1) is 14.5. The van der Waals surface area contributed by atoms with E-state index in [0.717, 1.165) is 22.6 Å². The van der Waals surface area contributed by atoms with E-state index in [1.54, 1.807) is 11.8 Å². The number of aryl methyl sites for hydroxylation is 1. The van der Waals surface area contributed by atoms with Crippen LogP contribution in [-0.2, 0) is 0 Å². The predicted octanol–water partition coefficient (Wildman–Crippen LogP) is 3.16. The minimum Gasteiger partial charge on any atom is -0.350 e. The molecule has 0 aliphatic rings. The molecule has 0 heterocycles. The highest BCUT2D eigenvalue weighted by Crippen LogP contribution is 2.14. The second kappa shape index (κ2) is 6.97. The Hall–Kier alpha value is -0.610. The van der Waals surface area contributed by atoms with Crippen molar-refractivity contribution in [2.24, 2.45) is 0 Å². The van der Waals surface area contributed by atoms with Gasteiger partial charge in [0.2, 0.25) is 0 Å². The zero-order chi connectivity index (χ0) is 12.8. The maximum absolute atomic E-state index is 12.0. The molecule has 2 nitrogen and oxygen atoms in total. The van der Waals surface area contributed by atoms with Gasteiger partial charge in [0.05, 0.1) is 0 Å². The smallest absolute Gasteiger partial charge is 0.251 e.